The van der Waals surface area contributed by atoms with Crippen molar-refractivity contribution in [1.82, 2.24) is 14.5 Å². The van der Waals surface area contributed by atoms with Crippen LogP contribution >= 0.6 is 0 Å². The molecule has 0 radical (unpaired) electrons. The largest absolute Gasteiger partial charge is 0.507 e. The van der Waals surface area contributed by atoms with Gasteiger partial charge >= 0.3 is 0 Å². The number of phenolic OH excluding ortho intramolecular Hbond substituents is 1. The first kappa shape index (κ1) is 42.8. The molecule has 1 aliphatic carbocycles. The van der Waals surface area contributed by atoms with Gasteiger partial charge in [0, 0.05) is 43.9 Å². The summed E-state index contributed by atoms with van der Waals surface area (Å²) in [4.78, 5) is 10.5. The van der Waals surface area contributed by atoms with Crippen molar-refractivity contribution in [3.05, 3.63) is 217 Å². The number of phenols is 1. The Morgan fingerprint density at radius 2 is 1.12 bits per heavy atom. The molecule has 0 saturated heterocycles. The summed E-state index contributed by atoms with van der Waals surface area (Å²) in [6.45, 7) is 11.2. The Kier molecular flexibility index (Phi) is 10.8. The number of fused-ring (bicyclic) bond motifs is 4. The van der Waals surface area contributed by atoms with Crippen molar-refractivity contribution in [1.29, 1.82) is 0 Å². The fourth-order valence-corrected chi connectivity index (χ4v) is 9.72. The van der Waals surface area contributed by atoms with Gasteiger partial charge in [0.25, 0.3) is 0 Å². The molecule has 0 saturated carbocycles. The van der Waals surface area contributed by atoms with Gasteiger partial charge in [0.05, 0.1) is 22.3 Å². The Morgan fingerprint density at radius 1 is 0.515 bits per heavy atom. The Labute approximate surface area is 401 Å². The molecule has 1 N–H and O–H groups in total. The van der Waals surface area contributed by atoms with E-state index >= 15 is 0 Å². The molecule has 0 fully saturated rings. The molecule has 0 amide bonds. The summed E-state index contributed by atoms with van der Waals surface area (Å²) in [5.41, 5.74) is 19.2. The number of hydrogen-bond donors (Lipinski definition) is 1. The molecule has 2 aromatic heterocycles. The van der Waals surface area contributed by atoms with Crippen LogP contribution in [0.5, 0.6) is 5.75 Å². The average Bonchev–Trinajstić information content (AvgIpc) is 3.83. The third-order valence-electron chi connectivity index (χ3n) is 13.2. The van der Waals surface area contributed by atoms with Crippen LogP contribution in [0.2, 0.25) is 0 Å². The molecule has 0 atom stereocenters. The van der Waals surface area contributed by atoms with Gasteiger partial charge in [-0.25, -0.2) is 4.98 Å². The Balaban J connectivity index is 0.00000511. The predicted molar refractivity (Wildman–Crippen MR) is 268 cm³/mol. The zero-order valence-electron chi connectivity index (χ0n) is 37.6. The fourth-order valence-electron chi connectivity index (χ4n) is 9.72. The molecule has 0 bridgehead atoms. The number of aromatic hydroxyl groups is 1. The SMILES string of the molecule is CC(C)(C)c1cc(-c2cc(-c3ccc(-c4ccccc4)cc3)ccn2)[c-]c(-c2cccc3c2nc(-c2cc4c(cc2O)C(C)(C)c2ccccc2-4)n3-c2ccccc2-c2ccccc2)c1.[Pt]. The number of imidazole rings is 1. The van der Waals surface area contributed by atoms with Crippen molar-refractivity contribution in [2.45, 2.75) is 45.4 Å². The average molecular weight is 1030 g/mol. The third kappa shape index (κ3) is 7.40. The van der Waals surface area contributed by atoms with E-state index in [-0.39, 0.29) is 37.6 Å². The topological polar surface area (TPSA) is 50.9 Å². The van der Waals surface area contributed by atoms with Gasteiger partial charge in [-0.3, -0.25) is 9.55 Å². The van der Waals surface area contributed by atoms with Crippen LogP contribution in [0.25, 0.3) is 95.0 Å². The number of nitrogens with zero attached hydrogens (tertiary/aromatic N) is 3. The zero-order chi connectivity index (χ0) is 44.5. The van der Waals surface area contributed by atoms with Crippen molar-refractivity contribution in [3.8, 4) is 89.7 Å². The molecule has 0 spiro atoms. The maximum atomic E-state index is 12.2. The molecule has 11 rings (SSSR count). The molecule has 2 heterocycles. The summed E-state index contributed by atoms with van der Waals surface area (Å²) >= 11 is 0. The van der Waals surface area contributed by atoms with E-state index in [1.54, 1.807) is 0 Å². The Hall–Kier alpha value is -7.13. The van der Waals surface area contributed by atoms with Crippen LogP contribution in [0.3, 0.4) is 0 Å². The quantitative estimate of drug-likeness (QED) is 0.162. The minimum atomic E-state index is -0.262. The first-order valence-corrected chi connectivity index (χ1v) is 22.4. The van der Waals surface area contributed by atoms with Crippen LogP contribution in [0, 0.1) is 6.07 Å². The van der Waals surface area contributed by atoms with E-state index < -0.39 is 0 Å². The van der Waals surface area contributed by atoms with Crippen molar-refractivity contribution >= 4 is 11.0 Å². The van der Waals surface area contributed by atoms with E-state index in [0.717, 1.165) is 72.5 Å². The van der Waals surface area contributed by atoms with Crippen molar-refractivity contribution in [3.63, 3.8) is 0 Å². The molecule has 66 heavy (non-hydrogen) atoms. The van der Waals surface area contributed by atoms with Crippen LogP contribution in [-0.4, -0.2) is 19.6 Å². The van der Waals surface area contributed by atoms with Crippen LogP contribution in [0.4, 0.5) is 0 Å². The maximum Gasteiger partial charge on any atom is 0.148 e. The minimum absolute atomic E-state index is 0. The number of pyridine rings is 1. The van der Waals surface area contributed by atoms with Crippen LogP contribution < -0.4 is 0 Å². The van der Waals surface area contributed by atoms with E-state index in [2.05, 4.69) is 215 Å². The number of rotatable bonds is 7. The number of hydrogen-bond acceptors (Lipinski definition) is 3. The number of benzene rings is 8. The van der Waals surface area contributed by atoms with Gasteiger partial charge in [0.1, 0.15) is 11.6 Å². The first-order valence-electron chi connectivity index (χ1n) is 22.4. The van der Waals surface area contributed by atoms with E-state index in [9.17, 15) is 5.11 Å². The van der Waals surface area contributed by atoms with Crippen LogP contribution in [-0.2, 0) is 31.9 Å². The van der Waals surface area contributed by atoms with Gasteiger partial charge in [-0.1, -0.05) is 191 Å². The van der Waals surface area contributed by atoms with Gasteiger partial charge in [0.15, 0.2) is 0 Å². The Bertz CT molecular complexity index is 3440. The molecular weight excluding hydrogens is 986 g/mol. The number of aromatic nitrogens is 3. The third-order valence-corrected chi connectivity index (χ3v) is 13.2. The second kappa shape index (κ2) is 16.7. The molecule has 1 aliphatic rings. The minimum Gasteiger partial charge on any atom is -0.507 e. The normalized spacial score (nSPS) is 12.7. The second-order valence-corrected chi connectivity index (χ2v) is 18.7. The van der Waals surface area contributed by atoms with Gasteiger partial charge in [-0.15, -0.1) is 29.3 Å². The van der Waals surface area contributed by atoms with Crippen LogP contribution in [0.15, 0.2) is 194 Å². The summed E-state index contributed by atoms with van der Waals surface area (Å²) in [5, 5.41) is 12.2. The molecule has 0 unspecified atom stereocenters. The molecule has 8 aromatic carbocycles. The summed E-state index contributed by atoms with van der Waals surface area (Å²) in [5.74, 6) is 0.863. The van der Waals surface area contributed by atoms with E-state index in [1.165, 1.54) is 27.8 Å². The smallest absolute Gasteiger partial charge is 0.148 e. The van der Waals surface area contributed by atoms with E-state index in [1.807, 2.05) is 24.4 Å². The fraction of sp³-hybridized carbons (Fsp3) is 0.115. The van der Waals surface area contributed by atoms with E-state index in [4.69, 9.17) is 9.97 Å². The first-order chi connectivity index (χ1) is 31.5. The standard InChI is InChI=1S/C61H48N3O.Pt/c1-60(2,3)46-34-44(33-45(35-46)54-36-43(31-32-62-54)41-29-27-40(28-30-41)39-17-8-6-9-18-39)48-23-16-26-56-58(48)63-59(64(56)55-25-15-13-21-47(55)42-19-10-7-11-20-42)51-37-50-49-22-12-14-24-52(49)61(4,5)53(50)38-57(51)65;/h6-32,34-38,65H,1-5H3;/q-1;. The predicted octanol–water partition coefficient (Wildman–Crippen LogP) is 15.5. The number of para-hydroxylation sites is 2. The van der Waals surface area contributed by atoms with Crippen molar-refractivity contribution < 1.29 is 26.2 Å². The summed E-state index contributed by atoms with van der Waals surface area (Å²) in [6.07, 6.45) is 1.90. The monoisotopic (exact) mass is 1030 g/mol. The molecule has 10 aromatic rings. The summed E-state index contributed by atoms with van der Waals surface area (Å²) < 4.78 is 2.23. The van der Waals surface area contributed by atoms with Crippen molar-refractivity contribution in [2.24, 2.45) is 0 Å². The van der Waals surface area contributed by atoms with Gasteiger partial charge in [0.2, 0.25) is 0 Å². The second-order valence-electron chi connectivity index (χ2n) is 18.7. The maximum absolute atomic E-state index is 12.2. The van der Waals surface area contributed by atoms with E-state index in [0.29, 0.717) is 11.4 Å². The van der Waals surface area contributed by atoms with Gasteiger partial charge in [-0.05, 0) is 85.8 Å². The molecule has 324 valence electrons. The molecular formula is C61H48N3OPt-. The van der Waals surface area contributed by atoms with Crippen LogP contribution in [0.1, 0.15) is 51.3 Å². The molecule has 5 heteroatoms. The zero-order valence-corrected chi connectivity index (χ0v) is 39.9. The molecule has 0 aliphatic heterocycles. The van der Waals surface area contributed by atoms with Crippen molar-refractivity contribution in [2.75, 3.05) is 0 Å². The van der Waals surface area contributed by atoms with Gasteiger partial charge < -0.3 is 5.11 Å². The summed E-state index contributed by atoms with van der Waals surface area (Å²) in [6, 6.07) is 69.9. The Morgan fingerprint density at radius 3 is 1.85 bits per heavy atom. The van der Waals surface area contributed by atoms with Gasteiger partial charge in [-0.2, -0.15) is 0 Å². The summed E-state index contributed by atoms with van der Waals surface area (Å²) in [7, 11) is 0. The molecule has 4 nitrogen and oxygen atoms in total.